The van der Waals surface area contributed by atoms with Gasteiger partial charge in [-0.2, -0.15) is 0 Å². The molecule has 2 saturated carbocycles. The quantitative estimate of drug-likeness (QED) is 0.599. The van der Waals surface area contributed by atoms with Gasteiger partial charge >= 0.3 is 0 Å². The van der Waals surface area contributed by atoms with Crippen molar-refractivity contribution in [2.45, 2.75) is 43.9 Å². The summed E-state index contributed by atoms with van der Waals surface area (Å²) in [6.07, 6.45) is 4.58. The summed E-state index contributed by atoms with van der Waals surface area (Å²) in [6.45, 7) is 4.33. The van der Waals surface area contributed by atoms with E-state index in [4.69, 9.17) is 0 Å². The topological polar surface area (TPSA) is 17.1 Å². The Morgan fingerprint density at radius 3 is 2.77 bits per heavy atom. The van der Waals surface area contributed by atoms with Crippen LogP contribution in [0.15, 0.2) is 0 Å². The Balaban J connectivity index is 2.17. The molecule has 0 aromatic carbocycles. The maximum absolute atomic E-state index is 11.8. The summed E-state index contributed by atoms with van der Waals surface area (Å²) in [5.41, 5.74) is 0. The lowest BCUT2D eigenvalue weighted by molar-refractivity contribution is -0.132. The van der Waals surface area contributed by atoms with E-state index in [-0.39, 0.29) is 4.32 Å². The van der Waals surface area contributed by atoms with Crippen LogP contribution in [-0.4, -0.2) is 10.1 Å². The molecule has 74 valence electrons. The van der Waals surface area contributed by atoms with Crippen molar-refractivity contribution < 1.29 is 4.79 Å². The molecule has 4 atom stereocenters. The number of hydrogen-bond donors (Lipinski definition) is 0. The number of alkyl halides is 1. The Labute approximate surface area is 88.4 Å². The third-order valence-corrected chi connectivity index (χ3v) is 4.23. The van der Waals surface area contributed by atoms with Gasteiger partial charge in [0.15, 0.2) is 0 Å². The molecule has 2 aliphatic carbocycles. The zero-order chi connectivity index (χ0) is 9.64. The Bertz CT molecular complexity index is 232. The molecule has 2 fully saturated rings. The molecule has 0 aromatic heterocycles. The lowest BCUT2D eigenvalue weighted by Gasteiger charge is -2.43. The predicted molar refractivity (Wildman–Crippen MR) is 57.0 cm³/mol. The molecule has 13 heavy (non-hydrogen) atoms. The number of halogens is 1. The van der Waals surface area contributed by atoms with Crippen LogP contribution in [0, 0.1) is 17.8 Å². The number of carbonyl (C=O) groups is 1. The van der Waals surface area contributed by atoms with E-state index in [1.165, 1.54) is 6.42 Å². The maximum atomic E-state index is 11.8. The average Bonchev–Trinajstić information content (AvgIpc) is 1.97. The van der Waals surface area contributed by atoms with Crippen molar-refractivity contribution >= 4 is 21.7 Å². The lowest BCUT2D eigenvalue weighted by Crippen LogP contribution is -2.42. The van der Waals surface area contributed by atoms with E-state index in [2.05, 4.69) is 29.8 Å². The standard InChI is InChI=1S/C11H17BrO/c1-7-3-8-4-9(10(7)13)6-11(2,12)5-8/h7-9H,3-6H2,1-2H3/t7-,8+,9-,11-/m0/s1. The molecule has 2 rings (SSSR count). The lowest BCUT2D eigenvalue weighted by atomic mass is 9.65. The molecule has 0 heterocycles. The summed E-state index contributed by atoms with van der Waals surface area (Å²) in [6, 6.07) is 0. The molecule has 1 nitrogen and oxygen atoms in total. The minimum absolute atomic E-state index is 0.233. The first-order chi connectivity index (χ1) is 5.98. The van der Waals surface area contributed by atoms with E-state index in [1.54, 1.807) is 0 Å². The minimum atomic E-state index is 0.233. The highest BCUT2D eigenvalue weighted by Crippen LogP contribution is 2.47. The second kappa shape index (κ2) is 3.08. The monoisotopic (exact) mass is 244 g/mol. The van der Waals surface area contributed by atoms with Crippen molar-refractivity contribution in [1.29, 1.82) is 0 Å². The van der Waals surface area contributed by atoms with Crippen LogP contribution >= 0.6 is 15.9 Å². The fourth-order valence-corrected chi connectivity index (χ4v) is 4.03. The van der Waals surface area contributed by atoms with Crippen molar-refractivity contribution in [3.05, 3.63) is 0 Å². The second-order valence-corrected chi connectivity index (χ2v) is 7.07. The number of hydrogen-bond acceptors (Lipinski definition) is 1. The van der Waals surface area contributed by atoms with Crippen LogP contribution in [0.4, 0.5) is 0 Å². The van der Waals surface area contributed by atoms with Gasteiger partial charge in [-0.1, -0.05) is 22.9 Å². The van der Waals surface area contributed by atoms with Gasteiger partial charge in [0.25, 0.3) is 0 Å². The van der Waals surface area contributed by atoms with Gasteiger partial charge in [-0.05, 0) is 38.5 Å². The molecule has 0 aromatic rings. The van der Waals surface area contributed by atoms with Gasteiger partial charge in [-0.25, -0.2) is 0 Å². The van der Waals surface area contributed by atoms with Gasteiger partial charge in [-0.15, -0.1) is 0 Å². The van der Waals surface area contributed by atoms with Crippen LogP contribution in [0.25, 0.3) is 0 Å². The normalized spacial score (nSPS) is 50.7. The molecular formula is C11H17BrO. The van der Waals surface area contributed by atoms with E-state index < -0.39 is 0 Å². The van der Waals surface area contributed by atoms with Gasteiger partial charge in [0.05, 0.1) is 0 Å². The average molecular weight is 245 g/mol. The first kappa shape index (κ1) is 9.70. The molecule has 2 bridgehead atoms. The Kier molecular flexibility index (Phi) is 2.30. The number of carbonyl (C=O) groups excluding carboxylic acids is 1. The highest BCUT2D eigenvalue weighted by Gasteiger charge is 2.43. The molecule has 0 aliphatic heterocycles. The van der Waals surface area contributed by atoms with E-state index in [0.717, 1.165) is 25.2 Å². The fourth-order valence-electron chi connectivity index (χ4n) is 3.18. The van der Waals surface area contributed by atoms with E-state index in [0.29, 0.717) is 17.6 Å². The summed E-state index contributed by atoms with van der Waals surface area (Å²) < 4.78 is 0.233. The smallest absolute Gasteiger partial charge is 0.138 e. The van der Waals surface area contributed by atoms with Crippen molar-refractivity contribution in [3.8, 4) is 0 Å². The van der Waals surface area contributed by atoms with Crippen molar-refractivity contribution in [1.82, 2.24) is 0 Å². The van der Waals surface area contributed by atoms with Crippen molar-refractivity contribution in [2.75, 3.05) is 0 Å². The molecular weight excluding hydrogens is 228 g/mol. The van der Waals surface area contributed by atoms with Crippen LogP contribution in [0.5, 0.6) is 0 Å². The number of ketones is 1. The van der Waals surface area contributed by atoms with Gasteiger partial charge in [0.1, 0.15) is 5.78 Å². The first-order valence-electron chi connectivity index (χ1n) is 5.20. The van der Waals surface area contributed by atoms with Crippen LogP contribution in [0.1, 0.15) is 39.5 Å². The first-order valence-corrected chi connectivity index (χ1v) is 6.00. The van der Waals surface area contributed by atoms with E-state index in [9.17, 15) is 4.79 Å². The number of fused-ring (bicyclic) bond motifs is 2. The van der Waals surface area contributed by atoms with Crippen LogP contribution in [-0.2, 0) is 4.79 Å². The Morgan fingerprint density at radius 1 is 1.38 bits per heavy atom. The van der Waals surface area contributed by atoms with Crippen LogP contribution in [0.2, 0.25) is 0 Å². The second-order valence-electron chi connectivity index (χ2n) is 5.16. The van der Waals surface area contributed by atoms with Crippen LogP contribution in [0.3, 0.4) is 0 Å². The van der Waals surface area contributed by atoms with E-state index in [1.807, 2.05) is 0 Å². The molecule has 0 spiro atoms. The molecule has 2 aliphatic rings. The largest absolute Gasteiger partial charge is 0.299 e. The summed E-state index contributed by atoms with van der Waals surface area (Å²) in [5, 5.41) is 0. The maximum Gasteiger partial charge on any atom is 0.138 e. The summed E-state index contributed by atoms with van der Waals surface area (Å²) in [7, 11) is 0. The van der Waals surface area contributed by atoms with Crippen molar-refractivity contribution in [3.63, 3.8) is 0 Å². The third-order valence-electron chi connectivity index (χ3n) is 3.58. The van der Waals surface area contributed by atoms with Gasteiger partial charge in [0.2, 0.25) is 0 Å². The highest BCUT2D eigenvalue weighted by molar-refractivity contribution is 9.10. The fraction of sp³-hybridized carbons (Fsp3) is 0.909. The molecule has 0 radical (unpaired) electrons. The Morgan fingerprint density at radius 2 is 2.08 bits per heavy atom. The van der Waals surface area contributed by atoms with Gasteiger partial charge in [-0.3, -0.25) is 4.79 Å². The molecule has 2 heteroatoms. The number of rotatable bonds is 0. The molecule has 0 N–H and O–H groups in total. The molecule has 0 unspecified atom stereocenters. The van der Waals surface area contributed by atoms with Gasteiger partial charge in [0, 0.05) is 16.2 Å². The predicted octanol–water partition coefficient (Wildman–Crippen LogP) is 3.17. The highest BCUT2D eigenvalue weighted by atomic mass is 79.9. The Hall–Kier alpha value is 0.150. The minimum Gasteiger partial charge on any atom is -0.299 e. The molecule has 0 amide bonds. The summed E-state index contributed by atoms with van der Waals surface area (Å²) >= 11 is 3.74. The van der Waals surface area contributed by atoms with Crippen LogP contribution < -0.4 is 0 Å². The summed E-state index contributed by atoms with van der Waals surface area (Å²) in [4.78, 5) is 11.8. The van der Waals surface area contributed by atoms with Gasteiger partial charge < -0.3 is 0 Å². The van der Waals surface area contributed by atoms with E-state index >= 15 is 0 Å². The van der Waals surface area contributed by atoms with Crippen molar-refractivity contribution in [2.24, 2.45) is 17.8 Å². The SMILES string of the molecule is C[C@H]1C[C@@H]2C[C@@H](C[C@@](C)(Br)C2)C1=O. The third kappa shape index (κ3) is 1.83. The summed E-state index contributed by atoms with van der Waals surface area (Å²) in [5.74, 6) is 1.98. The zero-order valence-corrected chi connectivity index (χ0v) is 9.93. The zero-order valence-electron chi connectivity index (χ0n) is 8.35. The molecule has 0 saturated heterocycles. The number of Topliss-reactive ketones (excluding diaryl/α,β-unsaturated/α-hetero) is 1.